The first kappa shape index (κ1) is 29.3. The Morgan fingerprint density at radius 3 is 2.38 bits per heavy atom. The van der Waals surface area contributed by atoms with Gasteiger partial charge in [-0.3, -0.25) is 14.4 Å². The molecular formula is C27H31N5O6S2. The molecule has 4 rings (SSSR count). The fourth-order valence-corrected chi connectivity index (χ4v) is 6.24. The molecule has 0 spiro atoms. The molecule has 1 aromatic heterocycles. The lowest BCUT2D eigenvalue weighted by Gasteiger charge is -2.26. The van der Waals surface area contributed by atoms with E-state index in [-0.39, 0.29) is 35.4 Å². The summed E-state index contributed by atoms with van der Waals surface area (Å²) in [5, 5.41) is 10.4. The summed E-state index contributed by atoms with van der Waals surface area (Å²) in [6, 6.07) is 12.0. The minimum Gasteiger partial charge on any atom is -0.379 e. The van der Waals surface area contributed by atoms with Crippen molar-refractivity contribution in [1.82, 2.24) is 14.6 Å². The summed E-state index contributed by atoms with van der Waals surface area (Å²) in [5.41, 5.74) is 2.26. The first-order chi connectivity index (χ1) is 19.0. The maximum atomic E-state index is 13.1. The van der Waals surface area contributed by atoms with Crippen LogP contribution in [0, 0.1) is 5.92 Å². The third-order valence-electron chi connectivity index (χ3n) is 6.18. The highest BCUT2D eigenvalue weighted by molar-refractivity contribution is 7.89. The summed E-state index contributed by atoms with van der Waals surface area (Å²) in [7, 11) is -3.78. The number of aromatic nitrogens is 1. The molecule has 0 radical (unpaired) electrons. The molecule has 2 heterocycles. The number of sulfonamides is 1. The fraction of sp³-hybridized carbons (Fsp3) is 0.333. The molecule has 212 valence electrons. The van der Waals surface area contributed by atoms with Crippen LogP contribution in [0.3, 0.4) is 0 Å². The molecule has 13 heteroatoms. The third-order valence-corrected chi connectivity index (χ3v) is 8.83. The van der Waals surface area contributed by atoms with E-state index in [1.54, 1.807) is 31.4 Å². The van der Waals surface area contributed by atoms with Gasteiger partial charge in [-0.2, -0.15) is 4.31 Å². The van der Waals surface area contributed by atoms with Gasteiger partial charge in [0.25, 0.3) is 5.91 Å². The van der Waals surface area contributed by atoms with Crippen LogP contribution in [-0.4, -0.2) is 67.8 Å². The SMILES string of the molecule is CC(=O)Nc1ccc(-c2csc(NC(=O)C(NC(=O)c3cccc(S(=O)(=O)N4CCOCC4)c3)C(C)C)n2)cc1. The van der Waals surface area contributed by atoms with Crippen molar-refractivity contribution in [3.05, 3.63) is 59.5 Å². The number of amides is 3. The number of carbonyl (C=O) groups is 3. The number of nitrogens with one attached hydrogen (secondary N) is 3. The Morgan fingerprint density at radius 2 is 1.73 bits per heavy atom. The topological polar surface area (TPSA) is 147 Å². The number of anilines is 2. The standard InChI is InChI=1S/C27H31N5O6S2/c1-17(2)24(26(35)31-27-29-23(16-39-27)19-7-9-21(10-8-19)28-18(3)33)30-25(34)20-5-4-6-22(15-20)40(36,37)32-11-13-38-14-12-32/h4-10,15-17,24H,11-14H2,1-3H3,(H,28,33)(H,30,34)(H,29,31,35). The van der Waals surface area contributed by atoms with Gasteiger partial charge in [0.1, 0.15) is 6.04 Å². The summed E-state index contributed by atoms with van der Waals surface area (Å²) in [5.74, 6) is -1.43. The van der Waals surface area contributed by atoms with E-state index in [0.717, 1.165) is 5.56 Å². The van der Waals surface area contributed by atoms with Gasteiger partial charge >= 0.3 is 0 Å². The van der Waals surface area contributed by atoms with Crippen molar-refractivity contribution < 1.29 is 27.5 Å². The van der Waals surface area contributed by atoms with Crippen LogP contribution >= 0.6 is 11.3 Å². The summed E-state index contributed by atoms with van der Waals surface area (Å²) in [6.07, 6.45) is 0. The van der Waals surface area contributed by atoms with Crippen molar-refractivity contribution in [2.45, 2.75) is 31.7 Å². The van der Waals surface area contributed by atoms with Gasteiger partial charge < -0.3 is 20.7 Å². The summed E-state index contributed by atoms with van der Waals surface area (Å²) in [4.78, 5) is 41.9. The van der Waals surface area contributed by atoms with Crippen molar-refractivity contribution in [2.24, 2.45) is 5.92 Å². The molecule has 3 amide bonds. The minimum atomic E-state index is -3.78. The Kier molecular flexibility index (Phi) is 9.30. The van der Waals surface area contributed by atoms with Gasteiger partial charge in [-0.1, -0.05) is 32.0 Å². The van der Waals surface area contributed by atoms with Crippen molar-refractivity contribution in [1.29, 1.82) is 0 Å². The molecule has 1 unspecified atom stereocenters. The first-order valence-electron chi connectivity index (χ1n) is 12.7. The fourth-order valence-electron chi connectivity index (χ4n) is 4.07. The van der Waals surface area contributed by atoms with E-state index in [1.165, 1.54) is 46.8 Å². The molecule has 0 aliphatic carbocycles. The monoisotopic (exact) mass is 585 g/mol. The summed E-state index contributed by atoms with van der Waals surface area (Å²) < 4.78 is 32.6. The van der Waals surface area contributed by atoms with E-state index in [4.69, 9.17) is 4.74 Å². The molecule has 1 fully saturated rings. The van der Waals surface area contributed by atoms with Crippen molar-refractivity contribution in [3.63, 3.8) is 0 Å². The predicted octanol–water partition coefficient (Wildman–Crippen LogP) is 3.18. The van der Waals surface area contributed by atoms with Crippen molar-refractivity contribution in [3.8, 4) is 11.3 Å². The van der Waals surface area contributed by atoms with Crippen LogP contribution in [0.2, 0.25) is 0 Å². The van der Waals surface area contributed by atoms with E-state index >= 15 is 0 Å². The number of carbonyl (C=O) groups excluding carboxylic acids is 3. The average Bonchev–Trinajstić information content (AvgIpc) is 3.40. The summed E-state index contributed by atoms with van der Waals surface area (Å²) in [6.45, 7) is 6.16. The predicted molar refractivity (Wildman–Crippen MR) is 153 cm³/mol. The zero-order valence-electron chi connectivity index (χ0n) is 22.3. The largest absolute Gasteiger partial charge is 0.379 e. The van der Waals surface area contributed by atoms with Crippen LogP contribution < -0.4 is 16.0 Å². The Bertz CT molecular complexity index is 1480. The Morgan fingerprint density at radius 1 is 1.02 bits per heavy atom. The van der Waals surface area contributed by atoms with Gasteiger partial charge in [-0.05, 0) is 36.2 Å². The van der Waals surface area contributed by atoms with Crippen LogP contribution in [0.1, 0.15) is 31.1 Å². The zero-order valence-corrected chi connectivity index (χ0v) is 24.0. The molecule has 0 bridgehead atoms. The third kappa shape index (κ3) is 7.10. The highest BCUT2D eigenvalue weighted by Crippen LogP contribution is 2.26. The second-order valence-corrected chi connectivity index (χ2v) is 12.3. The lowest BCUT2D eigenvalue weighted by Crippen LogP contribution is -2.47. The molecule has 1 atom stereocenters. The smallest absolute Gasteiger partial charge is 0.251 e. The molecule has 0 saturated carbocycles. The highest BCUT2D eigenvalue weighted by atomic mass is 32.2. The second-order valence-electron chi connectivity index (χ2n) is 9.53. The van der Waals surface area contributed by atoms with Crippen LogP contribution in [0.5, 0.6) is 0 Å². The van der Waals surface area contributed by atoms with Crippen LogP contribution in [0.4, 0.5) is 10.8 Å². The molecule has 2 aromatic carbocycles. The zero-order chi connectivity index (χ0) is 28.9. The van der Waals surface area contributed by atoms with Gasteiger partial charge in [-0.15, -0.1) is 11.3 Å². The lowest BCUT2D eigenvalue weighted by molar-refractivity contribution is -0.119. The number of nitrogens with zero attached hydrogens (tertiary/aromatic N) is 2. The average molecular weight is 586 g/mol. The minimum absolute atomic E-state index is 0.00743. The molecule has 1 aliphatic rings. The van der Waals surface area contributed by atoms with Crippen molar-refractivity contribution >= 4 is 49.9 Å². The highest BCUT2D eigenvalue weighted by Gasteiger charge is 2.29. The number of rotatable bonds is 9. The van der Waals surface area contributed by atoms with E-state index in [1.807, 2.05) is 12.1 Å². The van der Waals surface area contributed by atoms with Gasteiger partial charge in [-0.25, -0.2) is 13.4 Å². The van der Waals surface area contributed by atoms with E-state index in [9.17, 15) is 22.8 Å². The quantitative estimate of drug-likeness (QED) is 0.350. The van der Waals surface area contributed by atoms with Gasteiger partial charge in [0, 0.05) is 42.2 Å². The normalized spacial score (nSPS) is 14.9. The molecule has 1 aliphatic heterocycles. The Balaban J connectivity index is 1.43. The maximum Gasteiger partial charge on any atom is 0.251 e. The molecule has 1 saturated heterocycles. The van der Waals surface area contributed by atoms with Crippen LogP contribution in [0.15, 0.2) is 58.8 Å². The van der Waals surface area contributed by atoms with Gasteiger partial charge in [0.15, 0.2) is 5.13 Å². The molecular weight excluding hydrogens is 554 g/mol. The number of morpholine rings is 1. The van der Waals surface area contributed by atoms with E-state index in [2.05, 4.69) is 20.9 Å². The van der Waals surface area contributed by atoms with Crippen LogP contribution in [0.25, 0.3) is 11.3 Å². The molecule has 3 aromatic rings. The first-order valence-corrected chi connectivity index (χ1v) is 15.0. The molecule has 11 nitrogen and oxygen atoms in total. The Hall–Kier alpha value is -3.65. The summed E-state index contributed by atoms with van der Waals surface area (Å²) >= 11 is 1.24. The van der Waals surface area contributed by atoms with E-state index in [0.29, 0.717) is 29.7 Å². The lowest BCUT2D eigenvalue weighted by atomic mass is 10.0. The molecule has 3 N–H and O–H groups in total. The second kappa shape index (κ2) is 12.7. The van der Waals surface area contributed by atoms with E-state index < -0.39 is 27.9 Å². The van der Waals surface area contributed by atoms with Crippen molar-refractivity contribution in [2.75, 3.05) is 36.9 Å². The number of ether oxygens (including phenoxy) is 1. The number of thiazole rings is 1. The Labute approximate surface area is 237 Å². The maximum absolute atomic E-state index is 13.1. The molecule has 40 heavy (non-hydrogen) atoms. The van der Waals surface area contributed by atoms with Crippen LogP contribution in [-0.2, 0) is 24.3 Å². The van der Waals surface area contributed by atoms with Gasteiger partial charge in [0.2, 0.25) is 21.8 Å². The number of hydrogen-bond acceptors (Lipinski definition) is 8. The van der Waals surface area contributed by atoms with Gasteiger partial charge in [0.05, 0.1) is 23.8 Å². The number of hydrogen-bond donors (Lipinski definition) is 3. The number of benzene rings is 2.